The van der Waals surface area contributed by atoms with Gasteiger partial charge in [0.1, 0.15) is 12.0 Å². The quantitative estimate of drug-likeness (QED) is 0.841. The van der Waals surface area contributed by atoms with E-state index in [9.17, 15) is 22.8 Å². The fourth-order valence-corrected chi connectivity index (χ4v) is 1.94. The topological polar surface area (TPSA) is 84.7 Å². The molecule has 1 heterocycles. The van der Waals surface area contributed by atoms with Gasteiger partial charge < -0.3 is 19.4 Å². The first-order valence-electron chi connectivity index (χ1n) is 7.41. The Balaban J connectivity index is 1.98. The summed E-state index contributed by atoms with van der Waals surface area (Å²) in [6.45, 7) is -0.411. The number of nitrogens with zero attached hydrogens (tertiary/aromatic N) is 2. The minimum Gasteiger partial charge on any atom is -0.484 e. The van der Waals surface area contributed by atoms with Crippen molar-refractivity contribution in [3.8, 4) is 5.75 Å². The second-order valence-electron chi connectivity index (χ2n) is 5.28. The minimum atomic E-state index is -4.47. The Morgan fingerprint density at radius 1 is 1.35 bits per heavy atom. The SMILES string of the molecule is CNC(=O)CN(C)C(=O)c1coc(COc2cccc(C(F)(F)F)c2)n1. The molecule has 0 radical (unpaired) electrons. The normalized spacial score (nSPS) is 11.1. The van der Waals surface area contributed by atoms with Gasteiger partial charge in [0.2, 0.25) is 11.8 Å². The van der Waals surface area contributed by atoms with E-state index < -0.39 is 17.6 Å². The summed E-state index contributed by atoms with van der Waals surface area (Å²) in [6, 6.07) is 4.36. The zero-order valence-electron chi connectivity index (χ0n) is 14.0. The van der Waals surface area contributed by atoms with E-state index in [1.165, 1.54) is 26.2 Å². The van der Waals surface area contributed by atoms with E-state index >= 15 is 0 Å². The first-order valence-corrected chi connectivity index (χ1v) is 7.41. The highest BCUT2D eigenvalue weighted by Crippen LogP contribution is 2.31. The maximum absolute atomic E-state index is 12.7. The van der Waals surface area contributed by atoms with Gasteiger partial charge >= 0.3 is 6.18 Å². The predicted octanol–water partition coefficient (Wildman–Crippen LogP) is 2.09. The number of halogens is 3. The molecule has 7 nitrogen and oxygen atoms in total. The lowest BCUT2D eigenvalue weighted by Crippen LogP contribution is -2.37. The summed E-state index contributed by atoms with van der Waals surface area (Å²) < 4.78 is 48.3. The number of rotatable bonds is 6. The molecule has 0 saturated heterocycles. The van der Waals surface area contributed by atoms with Gasteiger partial charge in [-0.25, -0.2) is 4.98 Å². The lowest BCUT2D eigenvalue weighted by atomic mass is 10.2. The number of nitrogens with one attached hydrogen (secondary N) is 1. The van der Waals surface area contributed by atoms with E-state index in [1.54, 1.807) is 0 Å². The van der Waals surface area contributed by atoms with Crippen LogP contribution in [0.3, 0.4) is 0 Å². The number of alkyl halides is 3. The molecule has 26 heavy (non-hydrogen) atoms. The molecule has 2 amide bonds. The highest BCUT2D eigenvalue weighted by Gasteiger charge is 2.30. The molecule has 0 aliphatic heterocycles. The third-order valence-electron chi connectivity index (χ3n) is 3.30. The van der Waals surface area contributed by atoms with Gasteiger partial charge in [0.05, 0.1) is 12.1 Å². The maximum Gasteiger partial charge on any atom is 0.416 e. The number of ether oxygens (including phenoxy) is 1. The van der Waals surface area contributed by atoms with Gasteiger partial charge in [-0.1, -0.05) is 6.07 Å². The van der Waals surface area contributed by atoms with Crippen LogP contribution in [0, 0.1) is 0 Å². The van der Waals surface area contributed by atoms with Crippen LogP contribution in [-0.2, 0) is 17.6 Å². The summed E-state index contributed by atoms with van der Waals surface area (Å²) in [4.78, 5) is 28.4. The number of likely N-dealkylation sites (N-methyl/N-ethyl adjacent to an activating group) is 2. The molecular formula is C16H16F3N3O4. The van der Waals surface area contributed by atoms with Crippen LogP contribution in [0.1, 0.15) is 21.9 Å². The van der Waals surface area contributed by atoms with Crippen LogP contribution < -0.4 is 10.1 Å². The lowest BCUT2D eigenvalue weighted by molar-refractivity contribution is -0.137. The van der Waals surface area contributed by atoms with Gasteiger partial charge in [-0.05, 0) is 18.2 Å². The van der Waals surface area contributed by atoms with E-state index in [4.69, 9.17) is 9.15 Å². The summed E-state index contributed by atoms with van der Waals surface area (Å²) in [6.07, 6.45) is -3.38. The van der Waals surface area contributed by atoms with Crippen molar-refractivity contribution in [2.45, 2.75) is 12.8 Å². The molecule has 0 saturated carbocycles. The van der Waals surface area contributed by atoms with Crippen molar-refractivity contribution in [1.82, 2.24) is 15.2 Å². The zero-order chi connectivity index (χ0) is 19.3. The number of carbonyl (C=O) groups is 2. The molecule has 10 heteroatoms. The second kappa shape index (κ2) is 7.89. The molecule has 0 spiro atoms. The fraction of sp³-hybridized carbons (Fsp3) is 0.312. The highest BCUT2D eigenvalue weighted by molar-refractivity contribution is 5.94. The number of amides is 2. The van der Waals surface area contributed by atoms with E-state index in [0.29, 0.717) is 0 Å². The molecule has 1 N–H and O–H groups in total. The monoisotopic (exact) mass is 371 g/mol. The number of hydrogen-bond donors (Lipinski definition) is 1. The van der Waals surface area contributed by atoms with E-state index in [2.05, 4.69) is 10.3 Å². The van der Waals surface area contributed by atoms with Crippen LogP contribution in [0.4, 0.5) is 13.2 Å². The standard InChI is InChI=1S/C16H16F3N3O4/c1-20-13(23)7-22(2)15(24)12-8-26-14(21-12)9-25-11-5-3-4-10(6-11)16(17,18)19/h3-6,8H,7,9H2,1-2H3,(H,20,23). The molecule has 140 valence electrons. The van der Waals surface area contributed by atoms with Crippen molar-refractivity contribution in [2.75, 3.05) is 20.6 Å². The molecule has 1 aromatic heterocycles. The smallest absolute Gasteiger partial charge is 0.416 e. The van der Waals surface area contributed by atoms with E-state index in [1.807, 2.05) is 0 Å². The predicted molar refractivity (Wildman–Crippen MR) is 83.3 cm³/mol. The second-order valence-corrected chi connectivity index (χ2v) is 5.28. The summed E-state index contributed by atoms with van der Waals surface area (Å²) >= 11 is 0. The van der Waals surface area contributed by atoms with Crippen molar-refractivity contribution in [3.63, 3.8) is 0 Å². The fourth-order valence-electron chi connectivity index (χ4n) is 1.94. The van der Waals surface area contributed by atoms with Crippen LogP contribution in [0.5, 0.6) is 5.75 Å². The molecule has 0 bridgehead atoms. The van der Waals surface area contributed by atoms with E-state index in [-0.39, 0.29) is 36.4 Å². The van der Waals surface area contributed by atoms with Gasteiger partial charge in [0, 0.05) is 14.1 Å². The van der Waals surface area contributed by atoms with Gasteiger partial charge in [-0.2, -0.15) is 13.2 Å². The highest BCUT2D eigenvalue weighted by atomic mass is 19.4. The van der Waals surface area contributed by atoms with Crippen molar-refractivity contribution < 1.29 is 31.9 Å². The Hall–Kier alpha value is -3.04. The van der Waals surface area contributed by atoms with Crippen LogP contribution in [-0.4, -0.2) is 42.3 Å². The summed E-state index contributed by atoms with van der Waals surface area (Å²) in [7, 11) is 2.87. The minimum absolute atomic E-state index is 0.0114. The van der Waals surface area contributed by atoms with Crippen molar-refractivity contribution in [2.24, 2.45) is 0 Å². The molecule has 0 atom stereocenters. The summed E-state index contributed by atoms with van der Waals surface area (Å²) in [5.41, 5.74) is -0.881. The average molecular weight is 371 g/mol. The van der Waals surface area contributed by atoms with Gasteiger partial charge in [-0.3, -0.25) is 9.59 Å². The van der Waals surface area contributed by atoms with Crippen LogP contribution in [0.2, 0.25) is 0 Å². The average Bonchev–Trinajstić information content (AvgIpc) is 3.07. The van der Waals surface area contributed by atoms with Gasteiger partial charge in [0.15, 0.2) is 12.3 Å². The lowest BCUT2D eigenvalue weighted by Gasteiger charge is -2.13. The molecular weight excluding hydrogens is 355 g/mol. The molecule has 0 aliphatic rings. The molecule has 0 aliphatic carbocycles. The zero-order valence-corrected chi connectivity index (χ0v) is 14.0. The summed E-state index contributed by atoms with van der Waals surface area (Å²) in [5, 5.41) is 2.38. The van der Waals surface area contributed by atoms with Crippen molar-refractivity contribution in [1.29, 1.82) is 0 Å². The molecule has 0 unspecified atom stereocenters. The Bertz CT molecular complexity index is 789. The number of hydrogen-bond acceptors (Lipinski definition) is 5. The van der Waals surface area contributed by atoms with Crippen molar-refractivity contribution >= 4 is 11.8 Å². The Labute approximate surface area is 146 Å². The molecule has 0 fully saturated rings. The van der Waals surface area contributed by atoms with Crippen LogP contribution >= 0.6 is 0 Å². The number of carbonyl (C=O) groups excluding carboxylic acids is 2. The first kappa shape index (κ1) is 19.3. The number of oxazole rings is 1. The molecule has 1 aromatic carbocycles. The summed E-state index contributed by atoms with van der Waals surface area (Å²) in [5.74, 6) is -0.887. The van der Waals surface area contributed by atoms with Crippen LogP contribution in [0.25, 0.3) is 0 Å². The Kier molecular flexibility index (Phi) is 5.86. The molecule has 2 rings (SSSR count). The Morgan fingerprint density at radius 3 is 2.73 bits per heavy atom. The third kappa shape index (κ3) is 4.98. The Morgan fingerprint density at radius 2 is 2.08 bits per heavy atom. The van der Waals surface area contributed by atoms with Crippen LogP contribution in [0.15, 0.2) is 34.9 Å². The first-order chi connectivity index (χ1) is 12.2. The van der Waals surface area contributed by atoms with Gasteiger partial charge in [-0.15, -0.1) is 0 Å². The van der Waals surface area contributed by atoms with Crippen molar-refractivity contribution in [3.05, 3.63) is 47.7 Å². The number of benzene rings is 1. The largest absolute Gasteiger partial charge is 0.484 e. The number of aromatic nitrogens is 1. The van der Waals surface area contributed by atoms with E-state index in [0.717, 1.165) is 23.3 Å². The molecule has 2 aromatic rings. The van der Waals surface area contributed by atoms with Gasteiger partial charge in [0.25, 0.3) is 5.91 Å². The third-order valence-corrected chi connectivity index (χ3v) is 3.30. The maximum atomic E-state index is 12.7.